The van der Waals surface area contributed by atoms with Gasteiger partial charge in [0.25, 0.3) is 0 Å². The van der Waals surface area contributed by atoms with Crippen molar-refractivity contribution in [2.45, 2.75) is 18.1 Å². The summed E-state index contributed by atoms with van der Waals surface area (Å²) in [6.07, 6.45) is 4.70. The Labute approximate surface area is 38.0 Å². The van der Waals surface area contributed by atoms with Gasteiger partial charge < -0.3 is 0 Å². The number of hydrogen-bond acceptors (Lipinski definition) is 1. The van der Waals surface area contributed by atoms with Gasteiger partial charge in [0.1, 0.15) is 0 Å². The second kappa shape index (κ2) is 1.21. The summed E-state index contributed by atoms with van der Waals surface area (Å²) in [4.78, 5) is 0. The lowest BCUT2D eigenvalue weighted by Gasteiger charge is -2.17. The standard InChI is InChI=1S/C4H7S/c5-4-2-1-3-4/h1,4-5H,2-3H2. The van der Waals surface area contributed by atoms with Crippen LogP contribution in [0.4, 0.5) is 0 Å². The maximum Gasteiger partial charge on any atom is 0.00222 e. The first-order valence-electron chi connectivity index (χ1n) is 1.89. The normalized spacial score (nSPS) is 25.8. The van der Waals surface area contributed by atoms with Crippen LogP contribution in [0.1, 0.15) is 12.8 Å². The summed E-state index contributed by atoms with van der Waals surface area (Å²) >= 11 is 4.15. The minimum atomic E-state index is 0.704. The van der Waals surface area contributed by atoms with Gasteiger partial charge in [-0.2, -0.15) is 12.6 Å². The predicted octanol–water partition coefficient (Wildman–Crippen LogP) is 1.28. The van der Waals surface area contributed by atoms with E-state index in [2.05, 4.69) is 19.0 Å². The molecule has 29 valence electrons. The quantitative estimate of drug-likeness (QED) is 0.423. The maximum absolute atomic E-state index is 4.15. The lowest BCUT2D eigenvalue weighted by atomic mass is 10.0. The SMILES string of the molecule is SC1C[CH]C1. The smallest absolute Gasteiger partial charge is 0.00222 e. The first kappa shape index (κ1) is 3.54. The molecule has 0 nitrogen and oxygen atoms in total. The molecule has 1 heteroatoms. The van der Waals surface area contributed by atoms with Gasteiger partial charge in [-0.15, -0.1) is 0 Å². The Morgan fingerprint density at radius 2 is 2.00 bits per heavy atom. The predicted molar refractivity (Wildman–Crippen MR) is 26.3 cm³/mol. The van der Waals surface area contributed by atoms with Crippen LogP contribution in [0.2, 0.25) is 0 Å². The molecule has 0 aromatic carbocycles. The topological polar surface area (TPSA) is 0 Å². The Morgan fingerprint density at radius 3 is 2.00 bits per heavy atom. The Morgan fingerprint density at radius 1 is 1.60 bits per heavy atom. The summed E-state index contributed by atoms with van der Waals surface area (Å²) in [5, 5.41) is 0.704. The molecule has 0 heterocycles. The first-order valence-corrected chi connectivity index (χ1v) is 2.41. The third-order valence-electron chi connectivity index (χ3n) is 0.877. The van der Waals surface area contributed by atoms with Gasteiger partial charge in [-0.3, -0.25) is 0 Å². The maximum atomic E-state index is 4.15. The highest BCUT2D eigenvalue weighted by molar-refractivity contribution is 7.81. The Bertz CT molecular complexity index is 30.6. The van der Waals surface area contributed by atoms with Gasteiger partial charge in [0.05, 0.1) is 0 Å². The molecule has 0 amide bonds. The number of hydrogen-bond donors (Lipinski definition) is 1. The molecule has 0 unspecified atom stereocenters. The monoisotopic (exact) mass is 87.0 g/mol. The third kappa shape index (κ3) is 0.596. The van der Waals surface area contributed by atoms with E-state index in [0.29, 0.717) is 5.25 Å². The van der Waals surface area contributed by atoms with E-state index >= 15 is 0 Å². The third-order valence-corrected chi connectivity index (χ3v) is 1.30. The molecule has 0 saturated heterocycles. The highest BCUT2D eigenvalue weighted by Gasteiger charge is 2.10. The molecule has 0 aliphatic heterocycles. The summed E-state index contributed by atoms with van der Waals surface area (Å²) in [7, 11) is 0. The van der Waals surface area contributed by atoms with Crippen LogP contribution < -0.4 is 0 Å². The highest BCUT2D eigenvalue weighted by atomic mass is 32.1. The summed E-state index contributed by atoms with van der Waals surface area (Å²) in [6.45, 7) is 0. The highest BCUT2D eigenvalue weighted by Crippen LogP contribution is 2.21. The van der Waals surface area contributed by atoms with Crippen LogP contribution in [0.5, 0.6) is 0 Å². The lowest BCUT2D eigenvalue weighted by Crippen LogP contribution is -2.09. The van der Waals surface area contributed by atoms with Gasteiger partial charge in [0.2, 0.25) is 0 Å². The Hall–Kier alpha value is 0.350. The van der Waals surface area contributed by atoms with Crippen LogP contribution in [0, 0.1) is 6.42 Å². The molecule has 5 heavy (non-hydrogen) atoms. The number of thiol groups is 1. The van der Waals surface area contributed by atoms with E-state index in [4.69, 9.17) is 0 Å². The van der Waals surface area contributed by atoms with Crippen molar-refractivity contribution >= 4 is 12.6 Å². The van der Waals surface area contributed by atoms with E-state index < -0.39 is 0 Å². The van der Waals surface area contributed by atoms with E-state index in [1.54, 1.807) is 0 Å². The molecule has 1 rings (SSSR count). The molecule has 0 aromatic heterocycles. The zero-order valence-corrected chi connectivity index (χ0v) is 3.91. The molecular formula is C4H7S. The molecule has 1 saturated carbocycles. The molecule has 0 bridgehead atoms. The lowest BCUT2D eigenvalue weighted by molar-refractivity contribution is 0.678. The zero-order chi connectivity index (χ0) is 3.70. The minimum absolute atomic E-state index is 0.704. The molecule has 1 radical (unpaired) electrons. The molecular weight excluding hydrogens is 80.1 g/mol. The first-order chi connectivity index (χ1) is 2.39. The van der Waals surface area contributed by atoms with Crippen LogP contribution in [0.25, 0.3) is 0 Å². The van der Waals surface area contributed by atoms with Crippen molar-refractivity contribution in [3.05, 3.63) is 6.42 Å². The van der Waals surface area contributed by atoms with Gasteiger partial charge in [-0.1, -0.05) is 0 Å². The average molecular weight is 87.2 g/mol. The van der Waals surface area contributed by atoms with Crippen LogP contribution in [-0.4, -0.2) is 5.25 Å². The van der Waals surface area contributed by atoms with E-state index in [0.717, 1.165) is 0 Å². The van der Waals surface area contributed by atoms with Crippen molar-refractivity contribution in [3.8, 4) is 0 Å². The molecule has 1 aliphatic carbocycles. The summed E-state index contributed by atoms with van der Waals surface area (Å²) < 4.78 is 0. The zero-order valence-electron chi connectivity index (χ0n) is 3.02. The van der Waals surface area contributed by atoms with Crippen molar-refractivity contribution < 1.29 is 0 Å². The Balaban J connectivity index is 2.08. The van der Waals surface area contributed by atoms with E-state index in [9.17, 15) is 0 Å². The molecule has 0 atom stereocenters. The molecule has 0 N–H and O–H groups in total. The van der Waals surface area contributed by atoms with Crippen LogP contribution in [0.3, 0.4) is 0 Å². The van der Waals surface area contributed by atoms with E-state index in [1.807, 2.05) is 0 Å². The molecule has 1 aliphatic rings. The average Bonchev–Trinajstić information content (AvgIpc) is 1.30. The number of rotatable bonds is 0. The van der Waals surface area contributed by atoms with Crippen LogP contribution in [-0.2, 0) is 0 Å². The Kier molecular flexibility index (Phi) is 0.856. The van der Waals surface area contributed by atoms with Gasteiger partial charge in [-0.25, -0.2) is 0 Å². The second-order valence-corrected chi connectivity index (χ2v) is 2.14. The molecule has 0 spiro atoms. The summed E-state index contributed by atoms with van der Waals surface area (Å²) in [5.74, 6) is 0. The van der Waals surface area contributed by atoms with E-state index in [1.165, 1.54) is 12.8 Å². The summed E-state index contributed by atoms with van der Waals surface area (Å²) in [6, 6.07) is 0. The summed E-state index contributed by atoms with van der Waals surface area (Å²) in [5.41, 5.74) is 0. The van der Waals surface area contributed by atoms with Crippen molar-refractivity contribution in [1.82, 2.24) is 0 Å². The fraction of sp³-hybridized carbons (Fsp3) is 0.750. The fourth-order valence-electron chi connectivity index (χ4n) is 0.316. The van der Waals surface area contributed by atoms with Crippen LogP contribution >= 0.6 is 12.6 Å². The second-order valence-electron chi connectivity index (χ2n) is 1.41. The van der Waals surface area contributed by atoms with E-state index in [-0.39, 0.29) is 0 Å². The molecule has 0 aromatic rings. The fourth-order valence-corrected chi connectivity index (χ4v) is 0.614. The van der Waals surface area contributed by atoms with Gasteiger partial charge in [-0.05, 0) is 19.3 Å². The van der Waals surface area contributed by atoms with Crippen molar-refractivity contribution in [1.29, 1.82) is 0 Å². The van der Waals surface area contributed by atoms with Crippen LogP contribution in [0.15, 0.2) is 0 Å². The van der Waals surface area contributed by atoms with Crippen molar-refractivity contribution in [2.24, 2.45) is 0 Å². The van der Waals surface area contributed by atoms with Gasteiger partial charge in [0.15, 0.2) is 0 Å². The molecule has 1 fully saturated rings. The van der Waals surface area contributed by atoms with Crippen molar-refractivity contribution in [3.63, 3.8) is 0 Å². The van der Waals surface area contributed by atoms with Crippen molar-refractivity contribution in [2.75, 3.05) is 0 Å². The van der Waals surface area contributed by atoms with Gasteiger partial charge >= 0.3 is 0 Å². The minimum Gasteiger partial charge on any atom is -0.176 e. The largest absolute Gasteiger partial charge is 0.176 e. The van der Waals surface area contributed by atoms with Gasteiger partial charge in [0, 0.05) is 5.25 Å².